The number of benzene rings is 2. The van der Waals surface area contributed by atoms with E-state index in [4.69, 9.17) is 5.84 Å². The van der Waals surface area contributed by atoms with Crippen LogP contribution >= 0.6 is 0 Å². The minimum absolute atomic E-state index is 0.224. The standard InChI is InChI=1S/C17H24N4O2S/c1-4-5-13-12-16(10-11-17(13)19-18)24(22,23)20-14-6-8-15(9-7-14)21(2)3/h6-12,19-20H,4-5,18H2,1-3H3. The smallest absolute Gasteiger partial charge is 0.261 e. The number of hydrogen-bond donors (Lipinski definition) is 3. The van der Waals surface area contributed by atoms with Crippen LogP contribution in [-0.2, 0) is 16.4 Å². The van der Waals surface area contributed by atoms with E-state index >= 15 is 0 Å². The fraction of sp³-hybridized carbons (Fsp3) is 0.294. The van der Waals surface area contributed by atoms with E-state index in [1.807, 2.05) is 38.1 Å². The molecule has 6 nitrogen and oxygen atoms in total. The molecule has 0 heterocycles. The Morgan fingerprint density at radius 1 is 1.08 bits per heavy atom. The molecule has 0 unspecified atom stereocenters. The summed E-state index contributed by atoms with van der Waals surface area (Å²) in [5.74, 6) is 5.48. The van der Waals surface area contributed by atoms with E-state index < -0.39 is 10.0 Å². The fourth-order valence-corrected chi connectivity index (χ4v) is 3.50. The largest absolute Gasteiger partial charge is 0.378 e. The summed E-state index contributed by atoms with van der Waals surface area (Å²) in [6.07, 6.45) is 1.65. The predicted molar refractivity (Wildman–Crippen MR) is 99.8 cm³/mol. The molecule has 0 fully saturated rings. The molecule has 0 spiro atoms. The van der Waals surface area contributed by atoms with Crippen LogP contribution in [0, 0.1) is 0 Å². The van der Waals surface area contributed by atoms with Gasteiger partial charge in [-0.25, -0.2) is 8.42 Å². The number of nitrogens with two attached hydrogens (primary N) is 1. The zero-order valence-electron chi connectivity index (χ0n) is 14.2. The molecule has 0 bridgehead atoms. The van der Waals surface area contributed by atoms with Crippen LogP contribution in [0.15, 0.2) is 47.4 Å². The average Bonchev–Trinajstić information content (AvgIpc) is 2.55. The molecular weight excluding hydrogens is 324 g/mol. The Labute approximate surface area is 143 Å². The van der Waals surface area contributed by atoms with Gasteiger partial charge in [0, 0.05) is 25.5 Å². The molecule has 2 aromatic rings. The molecule has 0 amide bonds. The van der Waals surface area contributed by atoms with Crippen LogP contribution in [0.1, 0.15) is 18.9 Å². The van der Waals surface area contributed by atoms with Gasteiger partial charge in [-0.05, 0) is 54.4 Å². The Kier molecular flexibility index (Phi) is 5.69. The van der Waals surface area contributed by atoms with Crippen LogP contribution in [0.2, 0.25) is 0 Å². The van der Waals surface area contributed by atoms with Crippen molar-refractivity contribution in [2.45, 2.75) is 24.7 Å². The Hall–Kier alpha value is -2.25. The Bertz CT molecular complexity index is 787. The van der Waals surface area contributed by atoms with E-state index in [-0.39, 0.29) is 4.90 Å². The van der Waals surface area contributed by atoms with Gasteiger partial charge in [-0.3, -0.25) is 10.6 Å². The molecule has 0 aliphatic heterocycles. The van der Waals surface area contributed by atoms with E-state index in [0.29, 0.717) is 5.69 Å². The first-order valence-corrected chi connectivity index (χ1v) is 9.25. The van der Waals surface area contributed by atoms with Gasteiger partial charge in [0.2, 0.25) is 0 Å². The van der Waals surface area contributed by atoms with Crippen molar-refractivity contribution >= 4 is 27.1 Å². The Balaban J connectivity index is 2.28. The second-order valence-corrected chi connectivity index (χ2v) is 7.44. The maximum absolute atomic E-state index is 12.6. The first-order valence-electron chi connectivity index (χ1n) is 7.77. The van der Waals surface area contributed by atoms with E-state index in [9.17, 15) is 8.42 Å². The molecule has 0 saturated heterocycles. The fourth-order valence-electron chi connectivity index (χ4n) is 2.40. The summed E-state index contributed by atoms with van der Waals surface area (Å²) in [6.45, 7) is 2.03. The maximum Gasteiger partial charge on any atom is 0.261 e. The summed E-state index contributed by atoms with van der Waals surface area (Å²) in [5, 5.41) is 0. The third-order valence-corrected chi connectivity index (χ3v) is 5.08. The van der Waals surface area contributed by atoms with E-state index in [0.717, 1.165) is 29.8 Å². The summed E-state index contributed by atoms with van der Waals surface area (Å²) in [7, 11) is 0.220. The number of hydrazine groups is 1. The maximum atomic E-state index is 12.6. The molecular formula is C17H24N4O2S. The lowest BCUT2D eigenvalue weighted by Crippen LogP contribution is -2.15. The number of nitrogens with one attached hydrogen (secondary N) is 2. The van der Waals surface area contributed by atoms with Crippen LogP contribution in [0.4, 0.5) is 17.1 Å². The molecule has 4 N–H and O–H groups in total. The number of anilines is 3. The summed E-state index contributed by atoms with van der Waals surface area (Å²) in [4.78, 5) is 2.18. The number of nitrogens with zero attached hydrogens (tertiary/aromatic N) is 1. The van der Waals surface area contributed by atoms with Gasteiger partial charge in [-0.2, -0.15) is 0 Å². The molecule has 2 aromatic carbocycles. The van der Waals surface area contributed by atoms with Gasteiger partial charge in [0.25, 0.3) is 10.0 Å². The third-order valence-electron chi connectivity index (χ3n) is 3.70. The number of rotatable bonds is 7. The minimum Gasteiger partial charge on any atom is -0.378 e. The molecule has 0 aliphatic carbocycles. The second kappa shape index (κ2) is 7.55. The predicted octanol–water partition coefficient (Wildman–Crippen LogP) is 2.79. The summed E-state index contributed by atoms with van der Waals surface area (Å²) in [6, 6.07) is 12.1. The number of nitrogen functional groups attached to an aromatic ring is 1. The zero-order valence-corrected chi connectivity index (χ0v) is 15.0. The number of sulfonamides is 1. The van der Waals surface area contributed by atoms with Gasteiger partial charge < -0.3 is 10.3 Å². The monoisotopic (exact) mass is 348 g/mol. The first kappa shape index (κ1) is 18.1. The van der Waals surface area contributed by atoms with Crippen molar-refractivity contribution in [3.8, 4) is 0 Å². The van der Waals surface area contributed by atoms with Crippen molar-refractivity contribution in [1.82, 2.24) is 0 Å². The highest BCUT2D eigenvalue weighted by Gasteiger charge is 2.16. The normalized spacial score (nSPS) is 11.2. The van der Waals surface area contributed by atoms with Crippen molar-refractivity contribution in [2.24, 2.45) is 5.84 Å². The number of aryl methyl sites for hydroxylation is 1. The first-order chi connectivity index (χ1) is 11.4. The van der Waals surface area contributed by atoms with Crippen molar-refractivity contribution < 1.29 is 8.42 Å². The van der Waals surface area contributed by atoms with Crippen LogP contribution < -0.4 is 20.9 Å². The molecule has 0 saturated carbocycles. The van der Waals surface area contributed by atoms with E-state index in [1.54, 1.807) is 30.3 Å². The quantitative estimate of drug-likeness (QED) is 0.529. The van der Waals surface area contributed by atoms with E-state index in [1.165, 1.54) is 0 Å². The van der Waals surface area contributed by atoms with Crippen molar-refractivity contribution in [3.05, 3.63) is 48.0 Å². The zero-order chi connectivity index (χ0) is 17.7. The highest BCUT2D eigenvalue weighted by molar-refractivity contribution is 7.92. The van der Waals surface area contributed by atoms with Gasteiger partial charge >= 0.3 is 0 Å². The van der Waals surface area contributed by atoms with Crippen LogP contribution in [0.25, 0.3) is 0 Å². The lowest BCUT2D eigenvalue weighted by Gasteiger charge is -2.14. The minimum atomic E-state index is -3.64. The van der Waals surface area contributed by atoms with Gasteiger partial charge in [0.15, 0.2) is 0 Å². The highest BCUT2D eigenvalue weighted by atomic mass is 32.2. The summed E-state index contributed by atoms with van der Waals surface area (Å²) in [5.41, 5.74) is 5.76. The summed E-state index contributed by atoms with van der Waals surface area (Å²) < 4.78 is 27.8. The molecule has 130 valence electrons. The summed E-state index contributed by atoms with van der Waals surface area (Å²) >= 11 is 0. The van der Waals surface area contributed by atoms with Gasteiger partial charge in [-0.1, -0.05) is 13.3 Å². The second-order valence-electron chi connectivity index (χ2n) is 5.76. The topological polar surface area (TPSA) is 87.5 Å². The van der Waals surface area contributed by atoms with Gasteiger partial charge in [0.1, 0.15) is 0 Å². The average molecular weight is 348 g/mol. The van der Waals surface area contributed by atoms with Crippen LogP contribution in [-0.4, -0.2) is 22.5 Å². The lowest BCUT2D eigenvalue weighted by atomic mass is 10.1. The van der Waals surface area contributed by atoms with Crippen LogP contribution in [0.5, 0.6) is 0 Å². The SMILES string of the molecule is CCCc1cc(S(=O)(=O)Nc2ccc(N(C)C)cc2)ccc1NN. The Morgan fingerprint density at radius 2 is 1.75 bits per heavy atom. The van der Waals surface area contributed by atoms with Gasteiger partial charge in [0.05, 0.1) is 10.6 Å². The molecule has 0 aliphatic rings. The molecule has 0 radical (unpaired) electrons. The molecule has 0 aromatic heterocycles. The van der Waals surface area contributed by atoms with Crippen LogP contribution in [0.3, 0.4) is 0 Å². The lowest BCUT2D eigenvalue weighted by molar-refractivity contribution is 0.601. The van der Waals surface area contributed by atoms with Crippen molar-refractivity contribution in [1.29, 1.82) is 0 Å². The molecule has 7 heteroatoms. The molecule has 0 atom stereocenters. The number of hydrogen-bond acceptors (Lipinski definition) is 5. The van der Waals surface area contributed by atoms with Crippen molar-refractivity contribution in [2.75, 3.05) is 29.1 Å². The van der Waals surface area contributed by atoms with E-state index in [2.05, 4.69) is 10.1 Å². The molecule has 2 rings (SSSR count). The molecule has 24 heavy (non-hydrogen) atoms. The van der Waals surface area contributed by atoms with Crippen molar-refractivity contribution in [3.63, 3.8) is 0 Å². The highest BCUT2D eigenvalue weighted by Crippen LogP contribution is 2.24. The Morgan fingerprint density at radius 3 is 2.29 bits per heavy atom. The third kappa shape index (κ3) is 4.18. The van der Waals surface area contributed by atoms with Gasteiger partial charge in [-0.15, -0.1) is 0 Å².